The minimum absolute atomic E-state index is 0. The highest BCUT2D eigenvalue weighted by Gasteiger charge is 2.13. The lowest BCUT2D eigenvalue weighted by Crippen LogP contribution is -2.35. The van der Waals surface area contributed by atoms with Crippen molar-refractivity contribution in [3.05, 3.63) is 36.6 Å². The summed E-state index contributed by atoms with van der Waals surface area (Å²) in [4.78, 5) is 19.6. The molecule has 4 N–H and O–H groups in total. The van der Waals surface area contributed by atoms with E-state index in [1.165, 1.54) is 0 Å². The van der Waals surface area contributed by atoms with Crippen LogP contribution in [0.15, 0.2) is 41.0 Å². The highest BCUT2D eigenvalue weighted by molar-refractivity contribution is 5.96. The Bertz CT molecular complexity index is 783. The van der Waals surface area contributed by atoms with Crippen LogP contribution in [0.3, 0.4) is 0 Å². The van der Waals surface area contributed by atoms with Gasteiger partial charge in [-0.1, -0.05) is 13.3 Å². The molecule has 23 heavy (non-hydrogen) atoms. The molecule has 3 rings (SSSR count). The molecule has 0 saturated heterocycles. The number of aromatic amines is 1. The lowest BCUT2D eigenvalue weighted by atomic mass is 10.1. The van der Waals surface area contributed by atoms with Gasteiger partial charge in [0.05, 0.1) is 23.3 Å². The van der Waals surface area contributed by atoms with Crippen LogP contribution in [-0.4, -0.2) is 21.9 Å². The Hall–Kier alpha value is -2.31. The molecule has 0 aliphatic rings. The van der Waals surface area contributed by atoms with Crippen LogP contribution in [0.5, 0.6) is 0 Å². The second-order valence-electron chi connectivity index (χ2n) is 5.18. The summed E-state index contributed by atoms with van der Waals surface area (Å²) in [6.45, 7) is 2.00. The SMILES string of the molecule is CCCC(N)C(=O)Nc1ccc2nc(-c3ccco3)[nH]c2c1.Cl. The number of benzene rings is 1. The van der Waals surface area contributed by atoms with E-state index in [-0.39, 0.29) is 18.3 Å². The quantitative estimate of drug-likeness (QED) is 0.666. The van der Waals surface area contributed by atoms with Gasteiger partial charge >= 0.3 is 0 Å². The number of H-pyrrole nitrogens is 1. The molecule has 7 heteroatoms. The Morgan fingerprint density at radius 3 is 2.96 bits per heavy atom. The summed E-state index contributed by atoms with van der Waals surface area (Å²) in [7, 11) is 0. The molecule has 1 unspecified atom stereocenters. The summed E-state index contributed by atoms with van der Waals surface area (Å²) in [5.74, 6) is 1.16. The molecular weight excluding hydrogens is 316 g/mol. The maximum absolute atomic E-state index is 12.0. The van der Waals surface area contributed by atoms with Crippen LogP contribution in [0.2, 0.25) is 0 Å². The second-order valence-corrected chi connectivity index (χ2v) is 5.18. The summed E-state index contributed by atoms with van der Waals surface area (Å²) >= 11 is 0. The molecule has 0 saturated carbocycles. The van der Waals surface area contributed by atoms with Gasteiger partial charge in [0, 0.05) is 5.69 Å². The van der Waals surface area contributed by atoms with Crippen molar-refractivity contribution in [1.82, 2.24) is 9.97 Å². The van der Waals surface area contributed by atoms with E-state index in [4.69, 9.17) is 10.2 Å². The highest BCUT2D eigenvalue weighted by Crippen LogP contribution is 2.23. The first kappa shape index (κ1) is 17.1. The van der Waals surface area contributed by atoms with Crippen LogP contribution in [0.4, 0.5) is 5.69 Å². The van der Waals surface area contributed by atoms with Crippen molar-refractivity contribution >= 4 is 35.0 Å². The van der Waals surface area contributed by atoms with Crippen molar-refractivity contribution < 1.29 is 9.21 Å². The summed E-state index contributed by atoms with van der Waals surface area (Å²) < 4.78 is 5.32. The number of carbonyl (C=O) groups excluding carboxylic acids is 1. The van der Waals surface area contributed by atoms with Crippen molar-refractivity contribution in [2.45, 2.75) is 25.8 Å². The standard InChI is InChI=1S/C16H18N4O2.ClH/c1-2-4-11(17)16(21)18-10-6-7-12-13(9-10)20-15(19-12)14-5-3-8-22-14;/h3,5-9,11H,2,4,17H2,1H3,(H,18,21)(H,19,20);1H. The molecular formula is C16H19ClN4O2. The predicted molar refractivity (Wildman–Crippen MR) is 92.6 cm³/mol. The zero-order valence-corrected chi connectivity index (χ0v) is 13.5. The number of fused-ring (bicyclic) bond motifs is 1. The van der Waals surface area contributed by atoms with Crippen molar-refractivity contribution in [1.29, 1.82) is 0 Å². The van der Waals surface area contributed by atoms with Gasteiger partial charge < -0.3 is 20.5 Å². The molecule has 0 aliphatic heterocycles. The van der Waals surface area contributed by atoms with E-state index in [9.17, 15) is 4.79 Å². The lowest BCUT2D eigenvalue weighted by molar-refractivity contribution is -0.117. The number of nitrogens with zero attached hydrogens (tertiary/aromatic N) is 1. The molecule has 1 aromatic carbocycles. The Labute approximate surface area is 139 Å². The average molecular weight is 335 g/mol. The lowest BCUT2D eigenvalue weighted by Gasteiger charge is -2.10. The first-order chi connectivity index (χ1) is 10.7. The third-order valence-electron chi connectivity index (χ3n) is 3.44. The van der Waals surface area contributed by atoms with Gasteiger partial charge in [-0.05, 0) is 36.8 Å². The fourth-order valence-corrected chi connectivity index (χ4v) is 2.29. The van der Waals surface area contributed by atoms with E-state index >= 15 is 0 Å². The Balaban J connectivity index is 0.00000192. The van der Waals surface area contributed by atoms with Crippen LogP contribution in [0, 0.1) is 0 Å². The highest BCUT2D eigenvalue weighted by atomic mass is 35.5. The zero-order valence-electron chi connectivity index (χ0n) is 12.7. The Morgan fingerprint density at radius 1 is 1.43 bits per heavy atom. The number of furan rings is 1. The van der Waals surface area contributed by atoms with E-state index in [0.717, 1.165) is 17.5 Å². The van der Waals surface area contributed by atoms with Crippen LogP contribution >= 0.6 is 12.4 Å². The first-order valence-corrected chi connectivity index (χ1v) is 7.27. The molecule has 0 radical (unpaired) electrons. The maximum Gasteiger partial charge on any atom is 0.241 e. The maximum atomic E-state index is 12.0. The molecule has 0 fully saturated rings. The number of nitrogens with two attached hydrogens (primary N) is 1. The number of amides is 1. The summed E-state index contributed by atoms with van der Waals surface area (Å²) in [5.41, 5.74) is 8.14. The first-order valence-electron chi connectivity index (χ1n) is 7.27. The fourth-order valence-electron chi connectivity index (χ4n) is 2.29. The van der Waals surface area contributed by atoms with Gasteiger partial charge in [0.2, 0.25) is 5.91 Å². The predicted octanol–water partition coefficient (Wildman–Crippen LogP) is 3.31. The van der Waals surface area contributed by atoms with Gasteiger partial charge in [0.25, 0.3) is 0 Å². The van der Waals surface area contributed by atoms with Gasteiger partial charge in [-0.15, -0.1) is 12.4 Å². The topological polar surface area (TPSA) is 96.9 Å². The molecule has 0 aliphatic carbocycles. The second kappa shape index (κ2) is 7.30. The van der Waals surface area contributed by atoms with E-state index in [1.54, 1.807) is 6.26 Å². The fraction of sp³-hybridized carbons (Fsp3) is 0.250. The number of hydrogen-bond donors (Lipinski definition) is 3. The molecule has 1 amide bonds. The molecule has 3 aromatic rings. The monoisotopic (exact) mass is 334 g/mol. The molecule has 0 spiro atoms. The normalized spacial score (nSPS) is 11.9. The zero-order chi connectivity index (χ0) is 15.5. The van der Waals surface area contributed by atoms with Crippen molar-refractivity contribution in [2.24, 2.45) is 5.73 Å². The van der Waals surface area contributed by atoms with E-state index in [2.05, 4.69) is 15.3 Å². The number of imidazole rings is 1. The van der Waals surface area contributed by atoms with Gasteiger partial charge in [-0.25, -0.2) is 4.98 Å². The van der Waals surface area contributed by atoms with Crippen molar-refractivity contribution in [3.63, 3.8) is 0 Å². The largest absolute Gasteiger partial charge is 0.461 e. The Kier molecular flexibility index (Phi) is 5.41. The number of nitrogens with one attached hydrogen (secondary N) is 2. The van der Waals surface area contributed by atoms with Gasteiger partial charge in [-0.3, -0.25) is 4.79 Å². The minimum Gasteiger partial charge on any atom is -0.461 e. The van der Waals surface area contributed by atoms with Gasteiger partial charge in [0.15, 0.2) is 11.6 Å². The minimum atomic E-state index is -0.485. The van der Waals surface area contributed by atoms with E-state index < -0.39 is 6.04 Å². The molecule has 2 aromatic heterocycles. The number of halogens is 1. The van der Waals surface area contributed by atoms with Crippen LogP contribution in [0.25, 0.3) is 22.6 Å². The van der Waals surface area contributed by atoms with Crippen molar-refractivity contribution in [2.75, 3.05) is 5.32 Å². The van der Waals surface area contributed by atoms with Crippen LogP contribution in [0.1, 0.15) is 19.8 Å². The number of anilines is 1. The molecule has 6 nitrogen and oxygen atoms in total. The van der Waals surface area contributed by atoms with Crippen molar-refractivity contribution in [3.8, 4) is 11.6 Å². The number of rotatable bonds is 5. The average Bonchev–Trinajstić information content (AvgIpc) is 3.15. The van der Waals surface area contributed by atoms with Gasteiger partial charge in [0.1, 0.15) is 0 Å². The summed E-state index contributed by atoms with van der Waals surface area (Å²) in [6.07, 6.45) is 3.14. The number of aromatic nitrogens is 2. The molecule has 1 atom stereocenters. The van der Waals surface area contributed by atoms with Crippen LogP contribution in [-0.2, 0) is 4.79 Å². The summed E-state index contributed by atoms with van der Waals surface area (Å²) in [5, 5.41) is 2.83. The molecule has 0 bridgehead atoms. The van der Waals surface area contributed by atoms with Crippen LogP contribution < -0.4 is 11.1 Å². The number of hydrogen-bond acceptors (Lipinski definition) is 4. The number of carbonyl (C=O) groups is 1. The summed E-state index contributed by atoms with van der Waals surface area (Å²) in [6, 6.07) is 8.66. The Morgan fingerprint density at radius 2 is 2.26 bits per heavy atom. The molecule has 2 heterocycles. The van der Waals surface area contributed by atoms with Gasteiger partial charge in [-0.2, -0.15) is 0 Å². The third-order valence-corrected chi connectivity index (χ3v) is 3.44. The van der Waals surface area contributed by atoms with E-state index in [1.807, 2.05) is 37.3 Å². The third kappa shape index (κ3) is 3.72. The smallest absolute Gasteiger partial charge is 0.241 e. The van der Waals surface area contributed by atoms with E-state index in [0.29, 0.717) is 23.7 Å². The molecule has 122 valence electrons.